The molecule has 49 heavy (non-hydrogen) atoms. The van der Waals surface area contributed by atoms with Gasteiger partial charge in [0, 0.05) is 9.52 Å². The van der Waals surface area contributed by atoms with Crippen molar-refractivity contribution in [3.8, 4) is 22.3 Å². The maximum absolute atomic E-state index is 4.93. The molecule has 0 unspecified atom stereocenters. The van der Waals surface area contributed by atoms with Gasteiger partial charge < -0.3 is 0 Å². The van der Waals surface area contributed by atoms with Crippen LogP contribution in [0.2, 0.25) is 13.1 Å². The van der Waals surface area contributed by atoms with Crippen LogP contribution in [0.15, 0.2) is 103 Å². The molecule has 0 atom stereocenters. The van der Waals surface area contributed by atoms with Crippen LogP contribution in [0, 0.1) is 13.8 Å². The Balaban J connectivity index is 0.000000229. The fourth-order valence-electron chi connectivity index (χ4n) is 5.98. The molecule has 0 N–H and O–H groups in total. The monoisotopic (exact) mass is 782 g/mol. The second-order valence-corrected chi connectivity index (χ2v) is 20.0. The molecule has 0 aliphatic carbocycles. The zero-order chi connectivity index (χ0) is 36.5. The Morgan fingerprint density at radius 3 is 1.55 bits per heavy atom. The third kappa shape index (κ3) is 11.1. The average Bonchev–Trinajstić information content (AvgIpc) is 3.66. The van der Waals surface area contributed by atoms with Crippen LogP contribution < -0.4 is 0 Å². The van der Waals surface area contributed by atoms with E-state index in [1.54, 1.807) is 0 Å². The van der Waals surface area contributed by atoms with Gasteiger partial charge in [-0.1, -0.05) is 154 Å². The van der Waals surface area contributed by atoms with E-state index in [0.29, 0.717) is 5.92 Å². The molecule has 0 heterocycles. The van der Waals surface area contributed by atoms with E-state index < -0.39 is 20.8 Å². The summed E-state index contributed by atoms with van der Waals surface area (Å²) in [6, 6.07) is 38.5. The fourth-order valence-corrected chi connectivity index (χ4v) is 5.98. The fraction of sp³-hybridized carbons (Fsp3) is 0.333. The second-order valence-electron chi connectivity index (χ2n) is 15.3. The van der Waals surface area contributed by atoms with Crippen LogP contribution in [0.3, 0.4) is 0 Å². The number of rotatable bonds is 3. The van der Waals surface area contributed by atoms with E-state index in [1.807, 2.05) is 0 Å². The third-order valence-electron chi connectivity index (χ3n) is 8.81. The van der Waals surface area contributed by atoms with Crippen molar-refractivity contribution in [1.29, 1.82) is 0 Å². The first-order valence-corrected chi connectivity index (χ1v) is 25.5. The van der Waals surface area contributed by atoms with Crippen molar-refractivity contribution in [3.63, 3.8) is 0 Å². The summed E-state index contributed by atoms with van der Waals surface area (Å²) >= 11 is -0.826. The van der Waals surface area contributed by atoms with Gasteiger partial charge in [-0.2, -0.15) is 12.1 Å². The molecule has 6 aromatic carbocycles. The summed E-state index contributed by atoms with van der Waals surface area (Å²) in [5.74, 6) is 0.573. The number of hydrogen-bond acceptors (Lipinski definition) is 0. The van der Waals surface area contributed by atoms with Gasteiger partial charge in [-0.25, -0.2) is 0 Å². The van der Waals surface area contributed by atoms with Gasteiger partial charge in [0.15, 0.2) is 0 Å². The molecule has 0 bridgehead atoms. The topological polar surface area (TPSA) is 0 Å². The Morgan fingerprint density at radius 1 is 0.633 bits per heavy atom. The van der Waals surface area contributed by atoms with Gasteiger partial charge in [0.05, 0.1) is 0 Å². The van der Waals surface area contributed by atoms with Crippen LogP contribution in [0.1, 0.15) is 89.1 Å². The molecular formula is C45H54Cl2SiZr. The average molecular weight is 785 g/mol. The Labute approximate surface area is 318 Å². The normalized spacial score (nSPS) is 11.2. The van der Waals surface area contributed by atoms with E-state index in [4.69, 9.17) is 17.0 Å². The Bertz CT molecular complexity index is 1890. The summed E-state index contributed by atoms with van der Waals surface area (Å²) in [6.45, 7) is 26.7. The molecule has 0 aliphatic rings. The molecule has 0 saturated carbocycles. The van der Waals surface area contributed by atoms with Crippen molar-refractivity contribution in [1.82, 2.24) is 0 Å². The zero-order valence-electron chi connectivity index (χ0n) is 31.6. The van der Waals surface area contributed by atoms with Crippen LogP contribution >= 0.6 is 17.0 Å². The van der Waals surface area contributed by atoms with Crippen molar-refractivity contribution in [2.24, 2.45) is 0 Å². The molecule has 0 fully saturated rings. The van der Waals surface area contributed by atoms with Gasteiger partial charge in [0.1, 0.15) is 0 Å². The SMILES string of the molecule is CC(C)c1cc2c(-c3ccc(C(C)(C)C)cc3)cccc2[cH-]1.C[Si]C.Cc1cc2c(-c3ccc(C(C)(C)C)cc3)ccc(C)c2[cH-]1.[Cl][Zr+2][Cl]. The molecule has 0 spiro atoms. The molecule has 6 rings (SSSR count). The summed E-state index contributed by atoms with van der Waals surface area (Å²) in [4.78, 5) is 0. The predicted octanol–water partition coefficient (Wildman–Crippen LogP) is 14.9. The molecule has 0 amide bonds. The summed E-state index contributed by atoms with van der Waals surface area (Å²) in [5, 5.41) is 5.47. The van der Waals surface area contributed by atoms with E-state index in [9.17, 15) is 0 Å². The third-order valence-corrected chi connectivity index (χ3v) is 8.81. The number of hydrogen-bond donors (Lipinski definition) is 0. The van der Waals surface area contributed by atoms with Crippen molar-refractivity contribution in [2.45, 2.75) is 99.1 Å². The van der Waals surface area contributed by atoms with E-state index in [0.717, 1.165) is 9.52 Å². The molecule has 0 saturated heterocycles. The van der Waals surface area contributed by atoms with Crippen LogP contribution in [-0.4, -0.2) is 9.52 Å². The van der Waals surface area contributed by atoms with E-state index in [1.165, 1.54) is 71.6 Å². The summed E-state index contributed by atoms with van der Waals surface area (Å²) in [7, 11) is 11.0. The summed E-state index contributed by atoms with van der Waals surface area (Å²) < 4.78 is 0. The van der Waals surface area contributed by atoms with E-state index in [2.05, 4.69) is 185 Å². The Morgan fingerprint density at radius 2 is 1.10 bits per heavy atom. The minimum absolute atomic E-state index is 0.204. The molecular weight excluding hydrogens is 731 g/mol. The molecule has 0 nitrogen and oxygen atoms in total. The standard InChI is InChI=1S/C22H25.C21H23.C2H6Si.2ClH.Zr/c1-15(2)18-13-17-7-6-8-20(21(17)14-18)16-9-11-19(12-10-16)22(3,4)5;1-14-12-19-15(2)6-11-18(20(19)13-14)16-7-9-17(10-8-16)21(3,4)5;1-3-2;;;/h6-15H,1-5H3;6-13H,1-5H3;1-2H3;2*1H;/q2*-1;;;;+4/p-2. The molecule has 2 radical (unpaired) electrons. The van der Waals surface area contributed by atoms with Gasteiger partial charge in [0.25, 0.3) is 0 Å². The quantitative estimate of drug-likeness (QED) is 0.124. The van der Waals surface area contributed by atoms with E-state index in [-0.39, 0.29) is 10.8 Å². The Kier molecular flexibility index (Phi) is 15.4. The van der Waals surface area contributed by atoms with Crippen LogP contribution in [0.4, 0.5) is 0 Å². The van der Waals surface area contributed by atoms with Crippen LogP contribution in [-0.2, 0) is 31.7 Å². The van der Waals surface area contributed by atoms with Gasteiger partial charge in [0.2, 0.25) is 0 Å². The second kappa shape index (κ2) is 18.3. The van der Waals surface area contributed by atoms with Crippen molar-refractivity contribution in [2.75, 3.05) is 0 Å². The number of aryl methyl sites for hydroxylation is 2. The number of halogens is 2. The number of benzene rings is 4. The first-order valence-electron chi connectivity index (χ1n) is 17.2. The zero-order valence-corrected chi connectivity index (χ0v) is 36.6. The first-order chi connectivity index (χ1) is 23.0. The maximum atomic E-state index is 4.93. The van der Waals surface area contributed by atoms with Gasteiger partial charge >= 0.3 is 37.9 Å². The Hall–Kier alpha value is -2.22. The first kappa shape index (κ1) is 41.2. The van der Waals surface area contributed by atoms with Gasteiger partial charge in [-0.15, -0.1) is 68.6 Å². The molecule has 0 aromatic heterocycles. The van der Waals surface area contributed by atoms with Crippen molar-refractivity contribution < 1.29 is 20.8 Å². The molecule has 4 heteroatoms. The van der Waals surface area contributed by atoms with Crippen LogP contribution in [0.5, 0.6) is 0 Å². The van der Waals surface area contributed by atoms with Crippen molar-refractivity contribution >= 4 is 48.1 Å². The molecule has 0 aliphatic heterocycles. The van der Waals surface area contributed by atoms with Gasteiger partial charge in [-0.05, 0) is 39.0 Å². The summed E-state index contributed by atoms with van der Waals surface area (Å²) in [5.41, 5.74) is 12.6. The summed E-state index contributed by atoms with van der Waals surface area (Å²) in [6.07, 6.45) is 0. The number of fused-ring (bicyclic) bond motifs is 2. The van der Waals surface area contributed by atoms with Gasteiger partial charge in [-0.3, -0.25) is 0 Å². The van der Waals surface area contributed by atoms with Crippen LogP contribution in [0.25, 0.3) is 43.8 Å². The molecule has 256 valence electrons. The molecule has 6 aromatic rings. The minimum atomic E-state index is -0.826. The van der Waals surface area contributed by atoms with Crippen molar-refractivity contribution in [3.05, 3.63) is 131 Å². The van der Waals surface area contributed by atoms with E-state index >= 15 is 0 Å². The predicted molar refractivity (Wildman–Crippen MR) is 220 cm³/mol.